The first-order valence-electron chi connectivity index (χ1n) is 4.81. The average Bonchev–Trinajstić information content (AvgIpc) is 2.84. The third-order valence-corrected chi connectivity index (χ3v) is 2.64. The van der Waals surface area contributed by atoms with E-state index in [1.54, 1.807) is 0 Å². The number of nitrogens with one attached hydrogen (secondary N) is 2. The van der Waals surface area contributed by atoms with Gasteiger partial charge in [-0.15, -0.1) is 9.67 Å². The fraction of sp³-hybridized carbons (Fsp3) is 0.200. The molecule has 2 aromatic rings. The molecular formula is C10H10ClN4+. The molecule has 4 nitrogen and oxygen atoms in total. The lowest BCUT2D eigenvalue weighted by molar-refractivity contribution is -0.618. The molecule has 1 aliphatic heterocycles. The van der Waals surface area contributed by atoms with Crippen LogP contribution >= 0.6 is 11.6 Å². The highest BCUT2D eigenvalue weighted by molar-refractivity contribution is 6.31. The Labute approximate surface area is 91.6 Å². The molecule has 15 heavy (non-hydrogen) atoms. The summed E-state index contributed by atoms with van der Waals surface area (Å²) in [7, 11) is 0. The van der Waals surface area contributed by atoms with Crippen LogP contribution in [-0.2, 0) is 0 Å². The predicted molar refractivity (Wildman–Crippen MR) is 59.2 cm³/mol. The smallest absolute Gasteiger partial charge is 0.270 e. The molecule has 0 bridgehead atoms. The summed E-state index contributed by atoms with van der Waals surface area (Å²) in [4.78, 5) is 4.33. The Morgan fingerprint density at radius 3 is 3.13 bits per heavy atom. The van der Waals surface area contributed by atoms with Gasteiger partial charge in [0.1, 0.15) is 12.7 Å². The molecule has 1 aromatic carbocycles. The highest BCUT2D eigenvalue weighted by Crippen LogP contribution is 2.15. The third kappa shape index (κ3) is 1.47. The minimum atomic E-state index is 0.745. The van der Waals surface area contributed by atoms with Gasteiger partial charge < -0.3 is 0 Å². The SMILES string of the molecule is Clc1ccc2[nH][n+](C3=NCCN3)cc2c1. The fourth-order valence-electron chi connectivity index (χ4n) is 1.70. The summed E-state index contributed by atoms with van der Waals surface area (Å²) in [5, 5.41) is 8.25. The Kier molecular flexibility index (Phi) is 1.89. The zero-order valence-electron chi connectivity index (χ0n) is 8.00. The molecule has 0 aliphatic carbocycles. The van der Waals surface area contributed by atoms with Gasteiger partial charge in [-0.1, -0.05) is 11.6 Å². The highest BCUT2D eigenvalue weighted by atomic mass is 35.5. The van der Waals surface area contributed by atoms with Crippen molar-refractivity contribution in [2.24, 2.45) is 4.99 Å². The van der Waals surface area contributed by atoms with Crippen molar-refractivity contribution in [1.82, 2.24) is 10.4 Å². The Morgan fingerprint density at radius 1 is 1.40 bits per heavy atom. The van der Waals surface area contributed by atoms with Gasteiger partial charge in [0.05, 0.1) is 12.1 Å². The van der Waals surface area contributed by atoms with Gasteiger partial charge in [0, 0.05) is 10.4 Å². The second-order valence-electron chi connectivity index (χ2n) is 3.47. The van der Waals surface area contributed by atoms with Crippen LogP contribution < -0.4 is 10.00 Å². The van der Waals surface area contributed by atoms with Gasteiger partial charge in [-0.25, -0.2) is 5.10 Å². The first kappa shape index (κ1) is 8.73. The molecule has 1 aromatic heterocycles. The molecule has 2 N–H and O–H groups in total. The van der Waals surface area contributed by atoms with E-state index in [-0.39, 0.29) is 0 Å². The molecule has 0 unspecified atom stereocenters. The van der Waals surface area contributed by atoms with E-state index >= 15 is 0 Å². The number of benzene rings is 1. The van der Waals surface area contributed by atoms with Crippen molar-refractivity contribution in [1.29, 1.82) is 0 Å². The molecule has 0 saturated carbocycles. The summed E-state index contributed by atoms with van der Waals surface area (Å²) >= 11 is 5.92. The normalized spacial score (nSPS) is 15.4. The number of nitrogens with zero attached hydrogens (tertiary/aromatic N) is 2. The molecule has 0 amide bonds. The van der Waals surface area contributed by atoms with Gasteiger partial charge in [0.15, 0.2) is 0 Å². The summed E-state index contributed by atoms with van der Waals surface area (Å²) in [6.45, 7) is 1.73. The lowest BCUT2D eigenvalue weighted by Gasteiger charge is -1.90. The second kappa shape index (κ2) is 3.24. The maximum absolute atomic E-state index is 5.92. The first-order chi connectivity index (χ1) is 7.33. The van der Waals surface area contributed by atoms with Gasteiger partial charge in [-0.05, 0) is 18.2 Å². The van der Waals surface area contributed by atoms with Crippen molar-refractivity contribution in [3.63, 3.8) is 0 Å². The maximum Gasteiger partial charge on any atom is 0.408 e. The molecule has 3 rings (SSSR count). The van der Waals surface area contributed by atoms with E-state index in [2.05, 4.69) is 15.4 Å². The topological polar surface area (TPSA) is 44.1 Å². The summed E-state index contributed by atoms with van der Waals surface area (Å²) in [6, 6.07) is 5.76. The fourth-order valence-corrected chi connectivity index (χ4v) is 1.88. The number of hydrogen-bond acceptors (Lipinski definition) is 2. The Balaban J connectivity index is 2.13. The number of rotatable bonds is 0. The standard InChI is InChI=1S/C10H9ClN4/c11-8-1-2-9-7(5-8)6-15(14-9)10-12-3-4-13-10/h1-2,5-6H,3-4H2,(H,12,13)/p+1. The third-order valence-electron chi connectivity index (χ3n) is 2.41. The van der Waals surface area contributed by atoms with E-state index < -0.39 is 0 Å². The van der Waals surface area contributed by atoms with Crippen LogP contribution in [0.5, 0.6) is 0 Å². The highest BCUT2D eigenvalue weighted by Gasteiger charge is 2.18. The molecule has 0 saturated heterocycles. The van der Waals surface area contributed by atoms with Gasteiger partial charge in [0.2, 0.25) is 0 Å². The lowest BCUT2D eigenvalue weighted by Crippen LogP contribution is -2.50. The average molecular weight is 222 g/mol. The van der Waals surface area contributed by atoms with E-state index in [1.807, 2.05) is 29.1 Å². The number of H-pyrrole nitrogens is 1. The van der Waals surface area contributed by atoms with Crippen LogP contribution in [0.15, 0.2) is 29.4 Å². The second-order valence-corrected chi connectivity index (χ2v) is 3.91. The van der Waals surface area contributed by atoms with Gasteiger partial charge in [0.25, 0.3) is 0 Å². The number of aromatic amines is 1. The summed E-state index contributed by atoms with van der Waals surface area (Å²) in [5.41, 5.74) is 1.05. The van der Waals surface area contributed by atoms with E-state index in [9.17, 15) is 0 Å². The summed E-state index contributed by atoms with van der Waals surface area (Å²) in [5.74, 6) is 0.863. The molecule has 2 heterocycles. The van der Waals surface area contributed by atoms with E-state index in [4.69, 9.17) is 11.6 Å². The van der Waals surface area contributed by atoms with Gasteiger partial charge in [-0.2, -0.15) is 0 Å². The zero-order valence-corrected chi connectivity index (χ0v) is 8.75. The van der Waals surface area contributed by atoms with Crippen molar-refractivity contribution in [2.45, 2.75) is 0 Å². The minimum absolute atomic E-state index is 0.745. The zero-order chi connectivity index (χ0) is 10.3. The van der Waals surface area contributed by atoms with Crippen LogP contribution in [0.1, 0.15) is 0 Å². The molecule has 5 heteroatoms. The molecular weight excluding hydrogens is 212 g/mol. The van der Waals surface area contributed by atoms with E-state index in [0.29, 0.717) is 0 Å². The number of aliphatic imine (C=N–C) groups is 1. The van der Waals surface area contributed by atoms with Crippen molar-refractivity contribution in [3.8, 4) is 0 Å². The molecule has 0 radical (unpaired) electrons. The monoisotopic (exact) mass is 221 g/mol. The van der Waals surface area contributed by atoms with Crippen molar-refractivity contribution < 1.29 is 4.68 Å². The van der Waals surface area contributed by atoms with Crippen LogP contribution in [0.3, 0.4) is 0 Å². The number of halogens is 1. The van der Waals surface area contributed by atoms with Crippen LogP contribution in [0.25, 0.3) is 10.9 Å². The molecule has 76 valence electrons. The Morgan fingerprint density at radius 2 is 2.33 bits per heavy atom. The summed E-state index contributed by atoms with van der Waals surface area (Å²) in [6.07, 6.45) is 1.98. The largest absolute Gasteiger partial charge is 0.408 e. The van der Waals surface area contributed by atoms with Crippen molar-refractivity contribution in [2.75, 3.05) is 13.1 Å². The van der Waals surface area contributed by atoms with Crippen LogP contribution in [0, 0.1) is 0 Å². The first-order valence-corrected chi connectivity index (χ1v) is 5.19. The summed E-state index contributed by atoms with van der Waals surface area (Å²) < 4.78 is 1.88. The van der Waals surface area contributed by atoms with Crippen molar-refractivity contribution >= 4 is 28.5 Å². The molecule has 1 aliphatic rings. The van der Waals surface area contributed by atoms with Gasteiger partial charge >= 0.3 is 5.96 Å². The Hall–Kier alpha value is -1.55. The van der Waals surface area contributed by atoms with Crippen LogP contribution in [0.2, 0.25) is 5.02 Å². The number of aromatic nitrogens is 2. The maximum atomic E-state index is 5.92. The minimum Gasteiger partial charge on any atom is -0.270 e. The molecule has 0 spiro atoms. The number of fused-ring (bicyclic) bond motifs is 1. The van der Waals surface area contributed by atoms with E-state index in [0.717, 1.165) is 35.0 Å². The van der Waals surface area contributed by atoms with Crippen LogP contribution in [-0.4, -0.2) is 24.1 Å². The quantitative estimate of drug-likeness (QED) is 0.639. The van der Waals surface area contributed by atoms with E-state index in [1.165, 1.54) is 0 Å². The van der Waals surface area contributed by atoms with Crippen molar-refractivity contribution in [3.05, 3.63) is 29.4 Å². The number of hydrogen-bond donors (Lipinski definition) is 2. The van der Waals surface area contributed by atoms with Gasteiger partial charge in [-0.3, -0.25) is 5.32 Å². The van der Waals surface area contributed by atoms with Crippen LogP contribution in [0.4, 0.5) is 0 Å². The predicted octanol–water partition coefficient (Wildman–Crippen LogP) is 0.916. The molecule has 0 fully saturated rings. The molecule has 0 atom stereocenters. The lowest BCUT2D eigenvalue weighted by atomic mass is 10.3. The Bertz CT molecular complexity index is 543.